The lowest BCUT2D eigenvalue weighted by Gasteiger charge is -2.02. The fraction of sp³-hybridized carbons (Fsp3) is 0.286. The summed E-state index contributed by atoms with van der Waals surface area (Å²) in [6, 6.07) is 0. The summed E-state index contributed by atoms with van der Waals surface area (Å²) >= 11 is 0. The van der Waals surface area contributed by atoms with E-state index in [-0.39, 0.29) is 0 Å². The minimum absolute atomic E-state index is 0.711. The number of hydrogen-bond acceptors (Lipinski definition) is 1. The third-order valence-corrected chi connectivity index (χ3v) is 5.09. The van der Waals surface area contributed by atoms with Crippen LogP contribution in [0, 0.1) is 0 Å². The van der Waals surface area contributed by atoms with Crippen LogP contribution in [-0.4, -0.2) is 6.29 Å². The molecule has 0 spiro atoms. The van der Waals surface area contributed by atoms with Gasteiger partial charge in [0.05, 0.1) is 0 Å². The maximum absolute atomic E-state index is 10.6. The van der Waals surface area contributed by atoms with Gasteiger partial charge in [-0.25, -0.2) is 0 Å². The maximum atomic E-state index is 10.6. The van der Waals surface area contributed by atoms with Crippen molar-refractivity contribution in [3.05, 3.63) is 142 Å². The van der Waals surface area contributed by atoms with E-state index < -0.39 is 0 Å². The summed E-state index contributed by atoms with van der Waals surface area (Å²) in [4.78, 5) is 10.6. The summed E-state index contributed by atoms with van der Waals surface area (Å²) in [6.07, 6.45) is 35.0. The molecule has 0 aromatic heterocycles. The van der Waals surface area contributed by atoms with Crippen LogP contribution in [0.5, 0.6) is 0 Å². The summed E-state index contributed by atoms with van der Waals surface area (Å²) in [6.45, 7) is 18.8. The van der Waals surface area contributed by atoms with Gasteiger partial charge in [0.1, 0.15) is 6.29 Å². The monoisotopic (exact) mass is 482 g/mol. The minimum atomic E-state index is 0.711. The van der Waals surface area contributed by atoms with E-state index in [0.717, 1.165) is 18.3 Å². The molecule has 0 amide bonds. The zero-order valence-electron chi connectivity index (χ0n) is 23.9. The van der Waals surface area contributed by atoms with Crippen molar-refractivity contribution in [2.24, 2.45) is 0 Å². The van der Waals surface area contributed by atoms with E-state index in [1.54, 1.807) is 13.0 Å². The van der Waals surface area contributed by atoms with E-state index in [1.165, 1.54) is 33.4 Å². The molecule has 0 unspecified atom stereocenters. The van der Waals surface area contributed by atoms with Gasteiger partial charge >= 0.3 is 0 Å². The van der Waals surface area contributed by atoms with Crippen molar-refractivity contribution in [1.29, 1.82) is 0 Å². The number of carbonyl (C=O) groups is 1. The zero-order valence-corrected chi connectivity index (χ0v) is 23.9. The second kappa shape index (κ2) is 19.8. The average molecular weight is 483 g/mol. The Bertz CT molecular complexity index is 1070. The van der Waals surface area contributed by atoms with E-state index in [0.29, 0.717) is 5.57 Å². The van der Waals surface area contributed by atoms with Gasteiger partial charge in [0.2, 0.25) is 0 Å². The normalized spacial score (nSPS) is 14.8. The summed E-state index contributed by atoms with van der Waals surface area (Å²) < 4.78 is 0. The third kappa shape index (κ3) is 18.9. The molecular weight excluding hydrogens is 436 g/mol. The molecule has 0 fully saturated rings. The van der Waals surface area contributed by atoms with E-state index in [2.05, 4.69) is 109 Å². The summed E-state index contributed by atoms with van der Waals surface area (Å²) in [5.41, 5.74) is 9.50. The molecule has 0 aromatic carbocycles. The minimum Gasteiger partial charge on any atom is -0.298 e. The van der Waals surface area contributed by atoms with E-state index in [1.807, 2.05) is 37.3 Å². The predicted molar refractivity (Wildman–Crippen MR) is 163 cm³/mol. The molecule has 0 aromatic rings. The Kier molecular flexibility index (Phi) is 17.9. The maximum Gasteiger partial charge on any atom is 0.145 e. The van der Waals surface area contributed by atoms with E-state index >= 15 is 0 Å². The molecule has 0 saturated heterocycles. The Morgan fingerprint density at radius 2 is 0.861 bits per heavy atom. The number of aldehydes is 1. The van der Waals surface area contributed by atoms with Gasteiger partial charge in [0.25, 0.3) is 0 Å². The Morgan fingerprint density at radius 3 is 1.25 bits per heavy atom. The van der Waals surface area contributed by atoms with Crippen molar-refractivity contribution in [3.8, 4) is 0 Å². The Morgan fingerprint density at radius 1 is 0.472 bits per heavy atom. The molecule has 0 bridgehead atoms. The van der Waals surface area contributed by atoms with Crippen molar-refractivity contribution in [1.82, 2.24) is 0 Å². The first kappa shape index (κ1) is 32.6. The quantitative estimate of drug-likeness (QED) is 0.110. The van der Waals surface area contributed by atoms with Gasteiger partial charge in [-0.05, 0) is 79.9 Å². The first-order valence-corrected chi connectivity index (χ1v) is 12.5. The number of hydrogen-bond donors (Lipinski definition) is 0. The molecule has 0 radical (unpaired) electrons. The fourth-order valence-corrected chi connectivity index (χ4v) is 2.72. The molecule has 0 aliphatic rings. The van der Waals surface area contributed by atoms with Crippen molar-refractivity contribution in [3.63, 3.8) is 0 Å². The number of carbonyl (C=O) groups excluding carboxylic acids is 1. The second-order valence-corrected chi connectivity index (χ2v) is 9.48. The van der Waals surface area contributed by atoms with E-state index in [9.17, 15) is 4.79 Å². The second-order valence-electron chi connectivity index (χ2n) is 9.48. The third-order valence-electron chi connectivity index (χ3n) is 5.09. The van der Waals surface area contributed by atoms with Crippen LogP contribution in [0.2, 0.25) is 0 Å². The van der Waals surface area contributed by atoms with Crippen LogP contribution in [0.15, 0.2) is 142 Å². The zero-order chi connectivity index (χ0) is 27.3. The summed E-state index contributed by atoms with van der Waals surface area (Å²) in [5.74, 6) is 0. The van der Waals surface area contributed by atoms with E-state index in [4.69, 9.17) is 0 Å². The fourth-order valence-electron chi connectivity index (χ4n) is 2.72. The van der Waals surface area contributed by atoms with Gasteiger partial charge in [-0.15, -0.1) is 0 Å². The van der Waals surface area contributed by atoms with Crippen LogP contribution in [0.3, 0.4) is 0 Å². The van der Waals surface area contributed by atoms with Crippen LogP contribution >= 0.6 is 0 Å². The SMILES string of the molecule is CC(C)=CCC(/C=C/C(C)=C/C=C/C(C)=C/C=C/C(C)=C/C=C/C=C(C)/C=C/C=C(\C)C=O)=C(C)C. The molecule has 0 heterocycles. The Hall–Kier alpha value is -3.45. The van der Waals surface area contributed by atoms with Crippen molar-refractivity contribution >= 4 is 6.29 Å². The molecule has 0 saturated carbocycles. The number of rotatable bonds is 13. The lowest BCUT2D eigenvalue weighted by atomic mass is 10.0. The lowest BCUT2D eigenvalue weighted by Crippen LogP contribution is -1.82. The van der Waals surface area contributed by atoms with Gasteiger partial charge < -0.3 is 0 Å². The Labute approximate surface area is 221 Å². The van der Waals surface area contributed by atoms with Gasteiger partial charge in [0, 0.05) is 0 Å². The van der Waals surface area contributed by atoms with Crippen LogP contribution in [0.25, 0.3) is 0 Å². The lowest BCUT2D eigenvalue weighted by molar-refractivity contribution is -0.104. The average Bonchev–Trinajstić information content (AvgIpc) is 2.81. The highest BCUT2D eigenvalue weighted by molar-refractivity contribution is 5.72. The standard InChI is InChI=1S/C35H46O/c1-28(2)23-25-35(29(3)4)26-24-33(8)21-13-19-32(7)18-12-17-30(5)15-10-11-16-31(6)20-14-22-34(9)27-36/h10-24,26-27H,25H2,1-9H3/b11-10+,17-12+,19-13+,20-14+,26-24+,30-15+,31-16+,32-18+,33-21+,34-22+. The highest BCUT2D eigenvalue weighted by Gasteiger charge is 1.93. The van der Waals surface area contributed by atoms with Gasteiger partial charge in [-0.2, -0.15) is 0 Å². The molecule has 0 aliphatic heterocycles. The van der Waals surface area contributed by atoms with Crippen molar-refractivity contribution in [2.45, 2.75) is 68.7 Å². The Balaban J connectivity index is 4.91. The van der Waals surface area contributed by atoms with Crippen LogP contribution in [0.4, 0.5) is 0 Å². The van der Waals surface area contributed by atoms with Crippen LogP contribution in [-0.2, 0) is 4.79 Å². The molecule has 1 nitrogen and oxygen atoms in total. The van der Waals surface area contributed by atoms with Gasteiger partial charge in [-0.1, -0.05) is 131 Å². The molecule has 0 rings (SSSR count). The smallest absolute Gasteiger partial charge is 0.145 e. The van der Waals surface area contributed by atoms with Gasteiger partial charge in [-0.3, -0.25) is 4.79 Å². The molecule has 0 N–H and O–H groups in total. The molecular formula is C35H46O. The van der Waals surface area contributed by atoms with Crippen molar-refractivity contribution < 1.29 is 4.79 Å². The topological polar surface area (TPSA) is 17.1 Å². The highest BCUT2D eigenvalue weighted by atomic mass is 16.1. The van der Waals surface area contributed by atoms with Gasteiger partial charge in [0.15, 0.2) is 0 Å². The summed E-state index contributed by atoms with van der Waals surface area (Å²) in [7, 11) is 0. The largest absolute Gasteiger partial charge is 0.298 e. The molecule has 192 valence electrons. The number of allylic oxidation sites excluding steroid dienone is 24. The van der Waals surface area contributed by atoms with Crippen molar-refractivity contribution in [2.75, 3.05) is 0 Å². The predicted octanol–water partition coefficient (Wildman–Crippen LogP) is 10.4. The highest BCUT2D eigenvalue weighted by Crippen LogP contribution is 2.14. The first-order chi connectivity index (χ1) is 17.0. The molecule has 36 heavy (non-hydrogen) atoms. The van der Waals surface area contributed by atoms with Crippen LogP contribution < -0.4 is 0 Å². The molecule has 0 atom stereocenters. The summed E-state index contributed by atoms with van der Waals surface area (Å²) in [5, 5.41) is 0. The first-order valence-electron chi connectivity index (χ1n) is 12.5. The molecule has 1 heteroatoms. The molecule has 0 aliphatic carbocycles. The van der Waals surface area contributed by atoms with Crippen LogP contribution in [0.1, 0.15) is 68.7 Å².